The Hall–Kier alpha value is -0.580. The number of nitrogens with one attached hydrogen (secondary N) is 1. The molecule has 112 valence electrons. The van der Waals surface area contributed by atoms with Gasteiger partial charge in [-0.1, -0.05) is 28.9 Å². The van der Waals surface area contributed by atoms with Gasteiger partial charge in [0.25, 0.3) is 0 Å². The minimum Gasteiger partial charge on any atom is -0.370 e. The van der Waals surface area contributed by atoms with Crippen molar-refractivity contribution in [1.82, 2.24) is 10.2 Å². The summed E-state index contributed by atoms with van der Waals surface area (Å²) in [6.07, 6.45) is 2.43. The van der Waals surface area contributed by atoms with E-state index in [0.29, 0.717) is 6.04 Å². The first kappa shape index (κ1) is 15.8. The summed E-state index contributed by atoms with van der Waals surface area (Å²) in [4.78, 5) is 4.82. The molecule has 1 N–H and O–H groups in total. The molecule has 1 fully saturated rings. The lowest BCUT2D eigenvalue weighted by Gasteiger charge is -2.22. The lowest BCUT2D eigenvalue weighted by molar-refractivity contribution is 0.315. The number of likely N-dealkylation sites (N-methyl/N-ethyl adjacent to an activating group) is 1. The third kappa shape index (κ3) is 3.96. The normalized spacial score (nSPS) is 19.1. The van der Waals surface area contributed by atoms with Crippen LogP contribution in [-0.4, -0.2) is 44.7 Å². The third-order valence-corrected chi connectivity index (χ3v) is 4.78. The van der Waals surface area contributed by atoms with Gasteiger partial charge in [-0.25, -0.2) is 0 Å². The average molecular weight is 340 g/mol. The van der Waals surface area contributed by atoms with Gasteiger partial charge in [-0.15, -0.1) is 0 Å². The van der Waals surface area contributed by atoms with Gasteiger partial charge in [-0.2, -0.15) is 0 Å². The summed E-state index contributed by atoms with van der Waals surface area (Å²) in [6.45, 7) is 6.50. The van der Waals surface area contributed by atoms with Gasteiger partial charge in [0.05, 0.1) is 0 Å². The molecule has 0 radical (unpaired) electrons. The highest BCUT2D eigenvalue weighted by atomic mass is 79.9. The minimum atomic E-state index is 0.680. The van der Waals surface area contributed by atoms with Crippen molar-refractivity contribution < 1.29 is 0 Å². The summed E-state index contributed by atoms with van der Waals surface area (Å²) in [6, 6.07) is 7.44. The van der Waals surface area contributed by atoms with Crippen LogP contribution < -0.4 is 10.2 Å². The van der Waals surface area contributed by atoms with E-state index in [4.69, 9.17) is 0 Å². The van der Waals surface area contributed by atoms with Crippen molar-refractivity contribution in [2.75, 3.05) is 38.6 Å². The van der Waals surface area contributed by atoms with Gasteiger partial charge in [-0.05, 0) is 51.2 Å². The highest BCUT2D eigenvalue weighted by Gasteiger charge is 2.24. The predicted octanol–water partition coefficient (Wildman–Crippen LogP) is 3.09. The average Bonchev–Trinajstić information content (AvgIpc) is 2.90. The van der Waals surface area contributed by atoms with E-state index in [1.54, 1.807) is 0 Å². The van der Waals surface area contributed by atoms with Gasteiger partial charge < -0.3 is 15.1 Å². The molecule has 0 amide bonds. The maximum Gasteiger partial charge on any atom is 0.0378 e. The maximum atomic E-state index is 3.71. The molecule has 1 aromatic carbocycles. The fourth-order valence-electron chi connectivity index (χ4n) is 2.67. The molecule has 0 bridgehead atoms. The summed E-state index contributed by atoms with van der Waals surface area (Å²) in [5.41, 5.74) is 2.67. The van der Waals surface area contributed by atoms with Gasteiger partial charge in [-0.3, -0.25) is 0 Å². The number of benzene rings is 1. The van der Waals surface area contributed by atoms with Gasteiger partial charge in [0.2, 0.25) is 0 Å². The molecular weight excluding hydrogens is 314 g/mol. The molecule has 1 aliphatic heterocycles. The van der Waals surface area contributed by atoms with Crippen molar-refractivity contribution in [2.24, 2.45) is 0 Å². The predicted molar refractivity (Wildman–Crippen MR) is 90.4 cm³/mol. The van der Waals surface area contributed by atoms with E-state index in [1.165, 1.54) is 28.6 Å². The highest BCUT2D eigenvalue weighted by Crippen LogP contribution is 2.27. The van der Waals surface area contributed by atoms with E-state index in [2.05, 4.69) is 70.3 Å². The van der Waals surface area contributed by atoms with Crippen LogP contribution in [0.1, 0.15) is 25.3 Å². The van der Waals surface area contributed by atoms with Crippen LogP contribution in [0.3, 0.4) is 0 Å². The second-order valence-electron chi connectivity index (χ2n) is 5.80. The Morgan fingerprint density at radius 1 is 1.40 bits per heavy atom. The summed E-state index contributed by atoms with van der Waals surface area (Å²) in [5.74, 6) is 0. The van der Waals surface area contributed by atoms with Crippen molar-refractivity contribution in [2.45, 2.75) is 32.4 Å². The number of hydrogen-bond acceptors (Lipinski definition) is 3. The van der Waals surface area contributed by atoms with E-state index < -0.39 is 0 Å². The topological polar surface area (TPSA) is 18.5 Å². The molecule has 3 nitrogen and oxygen atoms in total. The van der Waals surface area contributed by atoms with Crippen LogP contribution in [-0.2, 0) is 6.54 Å². The van der Waals surface area contributed by atoms with Gasteiger partial charge in [0.1, 0.15) is 0 Å². The Labute approximate surface area is 131 Å². The molecule has 20 heavy (non-hydrogen) atoms. The number of nitrogens with zero attached hydrogens (tertiary/aromatic N) is 2. The molecule has 2 rings (SSSR count). The molecule has 1 unspecified atom stereocenters. The van der Waals surface area contributed by atoms with Crippen LogP contribution in [0.4, 0.5) is 5.69 Å². The number of halogens is 1. The molecule has 1 saturated heterocycles. The van der Waals surface area contributed by atoms with Gasteiger partial charge in [0.15, 0.2) is 0 Å². The standard InChI is InChI=1S/C16H26BrN3/c1-4-8-18-11-13-5-6-14(10-16(13)17)20-9-7-15(12-20)19(2)3/h5-6,10,15,18H,4,7-9,11-12H2,1-3H3. The van der Waals surface area contributed by atoms with Crippen molar-refractivity contribution >= 4 is 21.6 Å². The first-order valence-electron chi connectivity index (χ1n) is 7.52. The fraction of sp³-hybridized carbons (Fsp3) is 0.625. The molecule has 0 aromatic heterocycles. The quantitative estimate of drug-likeness (QED) is 0.803. The zero-order chi connectivity index (χ0) is 14.5. The minimum absolute atomic E-state index is 0.680. The first-order chi connectivity index (χ1) is 9.61. The monoisotopic (exact) mass is 339 g/mol. The molecule has 0 aliphatic carbocycles. The summed E-state index contributed by atoms with van der Waals surface area (Å²) < 4.78 is 1.21. The molecule has 1 heterocycles. The summed E-state index contributed by atoms with van der Waals surface area (Å²) >= 11 is 3.71. The van der Waals surface area contributed by atoms with Crippen LogP contribution in [0.2, 0.25) is 0 Å². The van der Waals surface area contributed by atoms with Crippen LogP contribution in [0.5, 0.6) is 0 Å². The van der Waals surface area contributed by atoms with Crippen LogP contribution in [0.25, 0.3) is 0 Å². The highest BCUT2D eigenvalue weighted by molar-refractivity contribution is 9.10. The summed E-state index contributed by atoms with van der Waals surface area (Å²) in [5, 5.41) is 3.45. The molecule has 4 heteroatoms. The van der Waals surface area contributed by atoms with Crippen molar-refractivity contribution in [3.8, 4) is 0 Å². The molecule has 1 aromatic rings. The van der Waals surface area contributed by atoms with Crippen LogP contribution in [0.15, 0.2) is 22.7 Å². The maximum absolute atomic E-state index is 3.71. The number of hydrogen-bond donors (Lipinski definition) is 1. The number of anilines is 1. The van der Waals surface area contributed by atoms with Crippen LogP contribution in [0, 0.1) is 0 Å². The van der Waals surface area contributed by atoms with E-state index in [1.807, 2.05) is 0 Å². The lowest BCUT2D eigenvalue weighted by atomic mass is 10.2. The number of rotatable bonds is 6. The van der Waals surface area contributed by atoms with E-state index in [0.717, 1.165) is 26.2 Å². The largest absolute Gasteiger partial charge is 0.370 e. The van der Waals surface area contributed by atoms with E-state index >= 15 is 0 Å². The Morgan fingerprint density at radius 2 is 2.20 bits per heavy atom. The summed E-state index contributed by atoms with van der Waals surface area (Å²) in [7, 11) is 4.35. The zero-order valence-electron chi connectivity index (χ0n) is 12.8. The Balaban J connectivity index is 1.98. The molecule has 1 atom stereocenters. The SMILES string of the molecule is CCCNCc1ccc(N2CCC(N(C)C)C2)cc1Br. The fourth-order valence-corrected chi connectivity index (χ4v) is 3.18. The van der Waals surface area contributed by atoms with Crippen molar-refractivity contribution in [3.63, 3.8) is 0 Å². The van der Waals surface area contributed by atoms with Crippen molar-refractivity contribution in [1.29, 1.82) is 0 Å². The van der Waals surface area contributed by atoms with Gasteiger partial charge >= 0.3 is 0 Å². The Bertz CT molecular complexity index is 434. The lowest BCUT2D eigenvalue weighted by Crippen LogP contribution is -2.31. The second-order valence-corrected chi connectivity index (χ2v) is 6.66. The molecule has 0 spiro atoms. The molecular formula is C16H26BrN3. The third-order valence-electron chi connectivity index (χ3n) is 4.04. The first-order valence-corrected chi connectivity index (χ1v) is 8.31. The van der Waals surface area contributed by atoms with E-state index in [9.17, 15) is 0 Å². The molecule has 1 aliphatic rings. The second kappa shape index (κ2) is 7.43. The Kier molecular flexibility index (Phi) is 5.87. The smallest absolute Gasteiger partial charge is 0.0378 e. The van der Waals surface area contributed by atoms with Gasteiger partial charge in [0, 0.05) is 35.8 Å². The van der Waals surface area contributed by atoms with Crippen LogP contribution >= 0.6 is 15.9 Å². The van der Waals surface area contributed by atoms with E-state index in [-0.39, 0.29) is 0 Å². The van der Waals surface area contributed by atoms with Crippen molar-refractivity contribution in [3.05, 3.63) is 28.2 Å². The Morgan fingerprint density at radius 3 is 2.80 bits per heavy atom. The molecule has 0 saturated carbocycles. The zero-order valence-corrected chi connectivity index (χ0v) is 14.4.